The molecule has 0 aliphatic rings. The number of hydrogen-bond acceptors (Lipinski definition) is 2. The van der Waals surface area contributed by atoms with Crippen molar-refractivity contribution in [2.24, 2.45) is 0 Å². The monoisotopic (exact) mass is 377 g/mol. The second kappa shape index (κ2) is 7.84. The maximum absolute atomic E-state index is 12.4. The van der Waals surface area contributed by atoms with Gasteiger partial charge in [0, 0.05) is 15.9 Å². The molecule has 4 heteroatoms. The van der Waals surface area contributed by atoms with Gasteiger partial charge in [0.2, 0.25) is 5.91 Å². The summed E-state index contributed by atoms with van der Waals surface area (Å²) in [4.78, 5) is 12.4. The zero-order valence-corrected chi connectivity index (χ0v) is 15.4. The van der Waals surface area contributed by atoms with Crippen LogP contribution in [0.15, 0.2) is 46.9 Å². The molecule has 0 aromatic heterocycles. The van der Waals surface area contributed by atoms with E-state index in [0.29, 0.717) is 0 Å². The van der Waals surface area contributed by atoms with E-state index in [4.69, 9.17) is 0 Å². The van der Waals surface area contributed by atoms with Crippen molar-refractivity contribution < 1.29 is 4.79 Å². The van der Waals surface area contributed by atoms with Crippen molar-refractivity contribution in [3.63, 3.8) is 0 Å². The van der Waals surface area contributed by atoms with Crippen molar-refractivity contribution in [3.05, 3.63) is 63.6 Å². The van der Waals surface area contributed by atoms with E-state index in [1.807, 2.05) is 51.1 Å². The van der Waals surface area contributed by atoms with Gasteiger partial charge in [-0.05, 0) is 49.6 Å². The zero-order chi connectivity index (χ0) is 16.1. The van der Waals surface area contributed by atoms with Gasteiger partial charge in [0.15, 0.2) is 0 Å². The smallest absolute Gasteiger partial charge is 0.237 e. The summed E-state index contributed by atoms with van der Waals surface area (Å²) in [6.45, 7) is 5.98. The first-order valence-corrected chi connectivity index (χ1v) is 9.04. The number of aryl methyl sites for hydroxylation is 2. The van der Waals surface area contributed by atoms with Crippen LogP contribution in [-0.4, -0.2) is 11.2 Å². The highest BCUT2D eigenvalue weighted by Crippen LogP contribution is 2.24. The molecule has 1 atom stereocenters. The summed E-state index contributed by atoms with van der Waals surface area (Å²) >= 11 is 5.11. The molecule has 0 aliphatic carbocycles. The van der Waals surface area contributed by atoms with Crippen molar-refractivity contribution in [1.29, 1.82) is 0 Å². The molecule has 2 nitrogen and oxygen atoms in total. The van der Waals surface area contributed by atoms with E-state index in [-0.39, 0.29) is 11.2 Å². The van der Waals surface area contributed by atoms with Gasteiger partial charge in [0.25, 0.3) is 0 Å². The molecule has 1 unspecified atom stereocenters. The fraction of sp³-hybridized carbons (Fsp3) is 0.278. The second-order valence-electron chi connectivity index (χ2n) is 5.34. The Balaban J connectivity index is 1.95. The number of rotatable bonds is 5. The van der Waals surface area contributed by atoms with Crippen molar-refractivity contribution in [2.75, 3.05) is 5.32 Å². The predicted octanol–water partition coefficient (Wildman–Crippen LogP) is 5.33. The molecular formula is C18H20BrNOS. The Hall–Kier alpha value is -1.26. The van der Waals surface area contributed by atoms with Crippen LogP contribution >= 0.6 is 27.7 Å². The van der Waals surface area contributed by atoms with Gasteiger partial charge < -0.3 is 5.32 Å². The maximum Gasteiger partial charge on any atom is 0.237 e. The molecule has 0 spiro atoms. The van der Waals surface area contributed by atoms with E-state index >= 15 is 0 Å². The number of hydrogen-bond donors (Lipinski definition) is 1. The lowest BCUT2D eigenvalue weighted by Gasteiger charge is -2.15. The Morgan fingerprint density at radius 3 is 2.45 bits per heavy atom. The van der Waals surface area contributed by atoms with Crippen molar-refractivity contribution in [2.45, 2.75) is 31.8 Å². The van der Waals surface area contributed by atoms with Gasteiger partial charge in [-0.1, -0.05) is 46.3 Å². The number of carbonyl (C=O) groups excluding carboxylic acids is 1. The predicted molar refractivity (Wildman–Crippen MR) is 99.4 cm³/mol. The molecule has 2 aromatic carbocycles. The van der Waals surface area contributed by atoms with Gasteiger partial charge in [0.1, 0.15) is 0 Å². The Morgan fingerprint density at radius 2 is 1.82 bits per heavy atom. The SMILES string of the molecule is Cc1cccc(C)c1NC(=O)C(C)SCc1cccc(Br)c1. The highest BCUT2D eigenvalue weighted by molar-refractivity contribution is 9.10. The molecule has 0 bridgehead atoms. The topological polar surface area (TPSA) is 29.1 Å². The Labute approximate surface area is 144 Å². The van der Waals surface area contributed by atoms with E-state index in [1.54, 1.807) is 11.8 Å². The van der Waals surface area contributed by atoms with E-state index in [2.05, 4.69) is 33.4 Å². The highest BCUT2D eigenvalue weighted by Gasteiger charge is 2.15. The molecule has 2 aromatic rings. The largest absolute Gasteiger partial charge is 0.325 e. The molecule has 116 valence electrons. The molecule has 0 saturated carbocycles. The van der Waals surface area contributed by atoms with Gasteiger partial charge in [-0.3, -0.25) is 4.79 Å². The van der Waals surface area contributed by atoms with Crippen LogP contribution < -0.4 is 5.32 Å². The lowest BCUT2D eigenvalue weighted by molar-refractivity contribution is -0.115. The Morgan fingerprint density at radius 1 is 1.18 bits per heavy atom. The van der Waals surface area contributed by atoms with Gasteiger partial charge in [-0.25, -0.2) is 0 Å². The van der Waals surface area contributed by atoms with Crippen LogP contribution in [0.3, 0.4) is 0 Å². The number of para-hydroxylation sites is 1. The maximum atomic E-state index is 12.4. The minimum absolute atomic E-state index is 0.0531. The minimum Gasteiger partial charge on any atom is -0.325 e. The zero-order valence-electron chi connectivity index (χ0n) is 13.0. The van der Waals surface area contributed by atoms with Crippen molar-refractivity contribution in [3.8, 4) is 0 Å². The summed E-state index contributed by atoms with van der Waals surface area (Å²) in [6.07, 6.45) is 0. The molecule has 0 heterocycles. The van der Waals surface area contributed by atoms with Crippen molar-refractivity contribution in [1.82, 2.24) is 0 Å². The molecule has 0 radical (unpaired) electrons. The Kier molecular flexibility index (Phi) is 6.09. The minimum atomic E-state index is -0.0991. The molecule has 1 N–H and O–H groups in total. The van der Waals surface area contributed by atoms with Crippen LogP contribution in [0.4, 0.5) is 5.69 Å². The third-order valence-electron chi connectivity index (χ3n) is 3.49. The molecule has 1 amide bonds. The van der Waals surface area contributed by atoms with Crippen LogP contribution in [0.2, 0.25) is 0 Å². The first-order chi connectivity index (χ1) is 10.5. The fourth-order valence-electron chi connectivity index (χ4n) is 2.16. The van der Waals surface area contributed by atoms with Gasteiger partial charge in [0.05, 0.1) is 5.25 Å². The van der Waals surface area contributed by atoms with Crippen molar-refractivity contribution >= 4 is 39.3 Å². The highest BCUT2D eigenvalue weighted by atomic mass is 79.9. The lowest BCUT2D eigenvalue weighted by atomic mass is 10.1. The number of benzene rings is 2. The number of carbonyl (C=O) groups is 1. The van der Waals surface area contributed by atoms with Gasteiger partial charge >= 0.3 is 0 Å². The molecule has 2 rings (SSSR count). The summed E-state index contributed by atoms with van der Waals surface area (Å²) in [6, 6.07) is 14.2. The standard InChI is InChI=1S/C18H20BrNOS/c1-12-6-4-7-13(2)17(12)20-18(21)14(3)22-11-15-8-5-9-16(19)10-15/h4-10,14H,11H2,1-3H3,(H,20,21). The Bertz CT molecular complexity index is 652. The summed E-state index contributed by atoms with van der Waals surface area (Å²) in [5, 5.41) is 2.96. The van der Waals surface area contributed by atoms with E-state index in [1.165, 1.54) is 5.56 Å². The molecule has 0 aliphatic heterocycles. The summed E-state index contributed by atoms with van der Waals surface area (Å²) < 4.78 is 1.07. The third kappa shape index (κ3) is 4.62. The first-order valence-electron chi connectivity index (χ1n) is 7.20. The van der Waals surface area contributed by atoms with E-state index in [0.717, 1.165) is 27.0 Å². The second-order valence-corrected chi connectivity index (χ2v) is 7.58. The first kappa shape index (κ1) is 17.1. The summed E-state index contributed by atoms with van der Waals surface area (Å²) in [5.74, 6) is 0.873. The molecule has 0 saturated heterocycles. The molecule has 0 fully saturated rings. The van der Waals surface area contributed by atoms with Gasteiger partial charge in [-0.15, -0.1) is 11.8 Å². The molecular weight excluding hydrogens is 358 g/mol. The quantitative estimate of drug-likeness (QED) is 0.762. The summed E-state index contributed by atoms with van der Waals surface area (Å²) in [7, 11) is 0. The number of anilines is 1. The van der Waals surface area contributed by atoms with E-state index < -0.39 is 0 Å². The average molecular weight is 378 g/mol. The van der Waals surface area contributed by atoms with Gasteiger partial charge in [-0.2, -0.15) is 0 Å². The van der Waals surface area contributed by atoms with E-state index in [9.17, 15) is 4.79 Å². The van der Waals surface area contributed by atoms with Crippen LogP contribution in [-0.2, 0) is 10.5 Å². The number of nitrogens with one attached hydrogen (secondary N) is 1. The molecule has 22 heavy (non-hydrogen) atoms. The van der Waals surface area contributed by atoms with Crippen LogP contribution in [0.25, 0.3) is 0 Å². The fourth-order valence-corrected chi connectivity index (χ4v) is 3.44. The lowest BCUT2D eigenvalue weighted by Crippen LogP contribution is -2.23. The van der Waals surface area contributed by atoms with Crippen LogP contribution in [0.5, 0.6) is 0 Å². The number of amides is 1. The normalized spacial score (nSPS) is 12.0. The van der Waals surface area contributed by atoms with Crippen LogP contribution in [0.1, 0.15) is 23.6 Å². The number of halogens is 1. The van der Waals surface area contributed by atoms with Crippen LogP contribution in [0, 0.1) is 13.8 Å². The third-order valence-corrected chi connectivity index (χ3v) is 5.19. The average Bonchev–Trinajstić information content (AvgIpc) is 2.48. The number of thioether (sulfide) groups is 1. The summed E-state index contributed by atoms with van der Waals surface area (Å²) in [5.41, 5.74) is 4.34.